The van der Waals surface area contributed by atoms with Gasteiger partial charge in [0.05, 0.1) is 30.4 Å². The summed E-state index contributed by atoms with van der Waals surface area (Å²) < 4.78 is 13.0. The molecule has 164 valence electrons. The summed E-state index contributed by atoms with van der Waals surface area (Å²) in [6.07, 6.45) is 0.715. The van der Waals surface area contributed by atoms with Gasteiger partial charge in [-0.1, -0.05) is 42.1 Å². The van der Waals surface area contributed by atoms with Crippen molar-refractivity contribution in [2.24, 2.45) is 0 Å². The molecule has 0 spiro atoms. The van der Waals surface area contributed by atoms with Crippen LogP contribution in [0.4, 0.5) is 0 Å². The SMILES string of the molecule is COc1ccc(CSc2nc3sc4c(c3c(=O)n2-c2ccccc2)CC(C)(C)OC4)cc1. The highest BCUT2D eigenvalue weighted by Crippen LogP contribution is 2.38. The molecule has 7 heteroatoms. The second kappa shape index (κ2) is 8.39. The van der Waals surface area contributed by atoms with Gasteiger partial charge in [-0.05, 0) is 49.2 Å². The summed E-state index contributed by atoms with van der Waals surface area (Å²) >= 11 is 3.15. The predicted octanol–water partition coefficient (Wildman–Crippen LogP) is 5.60. The maximum Gasteiger partial charge on any atom is 0.267 e. The van der Waals surface area contributed by atoms with E-state index in [-0.39, 0.29) is 11.2 Å². The molecule has 1 aliphatic heterocycles. The third kappa shape index (κ3) is 3.96. The minimum absolute atomic E-state index is 0.00590. The normalized spacial score (nSPS) is 15.0. The second-order valence-electron chi connectivity index (χ2n) is 8.42. The van der Waals surface area contributed by atoms with E-state index in [2.05, 4.69) is 13.8 Å². The van der Waals surface area contributed by atoms with Crippen molar-refractivity contribution < 1.29 is 9.47 Å². The molecule has 3 heterocycles. The van der Waals surface area contributed by atoms with Gasteiger partial charge in [0, 0.05) is 17.1 Å². The Morgan fingerprint density at radius 3 is 2.62 bits per heavy atom. The Balaban J connectivity index is 1.62. The third-order valence-electron chi connectivity index (χ3n) is 5.62. The maximum atomic E-state index is 13.8. The Bertz CT molecular complexity index is 1330. The molecular formula is C25H24N2O3S2. The van der Waals surface area contributed by atoms with E-state index in [4.69, 9.17) is 14.5 Å². The molecule has 0 amide bonds. The van der Waals surface area contributed by atoms with Crippen LogP contribution in [0.25, 0.3) is 15.9 Å². The van der Waals surface area contributed by atoms with Gasteiger partial charge in [0.25, 0.3) is 5.56 Å². The van der Waals surface area contributed by atoms with Crippen LogP contribution in [-0.4, -0.2) is 22.3 Å². The number of benzene rings is 2. The van der Waals surface area contributed by atoms with Crippen LogP contribution in [0.2, 0.25) is 0 Å². The van der Waals surface area contributed by atoms with Gasteiger partial charge < -0.3 is 9.47 Å². The van der Waals surface area contributed by atoms with Gasteiger partial charge in [-0.15, -0.1) is 11.3 Å². The first-order valence-corrected chi connectivity index (χ1v) is 12.3. The zero-order valence-corrected chi connectivity index (χ0v) is 19.9. The highest BCUT2D eigenvalue weighted by molar-refractivity contribution is 7.98. The molecule has 32 heavy (non-hydrogen) atoms. The summed E-state index contributed by atoms with van der Waals surface area (Å²) in [4.78, 5) is 20.7. The average molecular weight is 465 g/mol. The van der Waals surface area contributed by atoms with E-state index in [1.165, 1.54) is 0 Å². The van der Waals surface area contributed by atoms with Crippen molar-refractivity contribution in [3.05, 3.63) is 81.0 Å². The average Bonchev–Trinajstić information content (AvgIpc) is 3.15. The van der Waals surface area contributed by atoms with E-state index >= 15 is 0 Å². The Morgan fingerprint density at radius 2 is 1.91 bits per heavy atom. The lowest BCUT2D eigenvalue weighted by molar-refractivity contribution is -0.0379. The summed E-state index contributed by atoms with van der Waals surface area (Å²) in [6, 6.07) is 17.7. The number of para-hydroxylation sites is 1. The van der Waals surface area contributed by atoms with Crippen molar-refractivity contribution in [3.63, 3.8) is 0 Å². The fourth-order valence-electron chi connectivity index (χ4n) is 3.95. The molecule has 0 atom stereocenters. The highest BCUT2D eigenvalue weighted by Gasteiger charge is 2.31. The fraction of sp³-hybridized carbons (Fsp3) is 0.280. The van der Waals surface area contributed by atoms with Gasteiger partial charge >= 0.3 is 0 Å². The van der Waals surface area contributed by atoms with Crippen molar-refractivity contribution >= 4 is 33.3 Å². The summed E-state index contributed by atoms with van der Waals surface area (Å²) in [6.45, 7) is 4.67. The minimum atomic E-state index is -0.285. The molecule has 0 saturated heterocycles. The molecule has 5 nitrogen and oxygen atoms in total. The molecule has 2 aromatic heterocycles. The number of aromatic nitrogens is 2. The number of hydrogen-bond acceptors (Lipinski definition) is 6. The van der Waals surface area contributed by atoms with E-state index in [9.17, 15) is 4.79 Å². The lowest BCUT2D eigenvalue weighted by Crippen LogP contribution is -2.32. The quantitative estimate of drug-likeness (QED) is 0.284. The summed E-state index contributed by atoms with van der Waals surface area (Å²) in [5.41, 5.74) is 2.77. The maximum absolute atomic E-state index is 13.8. The van der Waals surface area contributed by atoms with E-state index in [1.807, 2.05) is 54.6 Å². The number of fused-ring (bicyclic) bond motifs is 3. The predicted molar refractivity (Wildman–Crippen MR) is 130 cm³/mol. The van der Waals surface area contributed by atoms with Crippen LogP contribution < -0.4 is 10.3 Å². The molecule has 1 aliphatic rings. The molecule has 0 fully saturated rings. The smallest absolute Gasteiger partial charge is 0.267 e. The largest absolute Gasteiger partial charge is 0.497 e. The van der Waals surface area contributed by atoms with Crippen molar-refractivity contribution in [1.29, 1.82) is 0 Å². The summed E-state index contributed by atoms with van der Waals surface area (Å²) in [5, 5.41) is 1.43. The molecule has 4 aromatic rings. The van der Waals surface area contributed by atoms with Crippen LogP contribution in [0.5, 0.6) is 5.75 Å². The van der Waals surface area contributed by atoms with Crippen LogP contribution in [0.15, 0.2) is 64.5 Å². The first-order chi connectivity index (χ1) is 15.4. The number of hydrogen-bond donors (Lipinski definition) is 0. The zero-order valence-electron chi connectivity index (χ0n) is 18.3. The van der Waals surface area contributed by atoms with Crippen molar-refractivity contribution in [2.45, 2.75) is 43.4 Å². The molecule has 5 rings (SSSR count). The Labute approximate surface area is 195 Å². The van der Waals surface area contributed by atoms with E-state index in [0.717, 1.165) is 37.7 Å². The lowest BCUT2D eigenvalue weighted by Gasteiger charge is -2.29. The molecule has 0 aliphatic carbocycles. The van der Waals surface area contributed by atoms with Crippen LogP contribution in [-0.2, 0) is 23.5 Å². The molecule has 2 aromatic carbocycles. The number of rotatable bonds is 5. The summed E-state index contributed by atoms with van der Waals surface area (Å²) in [7, 11) is 1.66. The topological polar surface area (TPSA) is 53.3 Å². The third-order valence-corrected chi connectivity index (χ3v) is 7.72. The van der Waals surface area contributed by atoms with E-state index in [0.29, 0.717) is 23.9 Å². The fourth-order valence-corrected chi connectivity index (χ4v) is 6.06. The van der Waals surface area contributed by atoms with Gasteiger partial charge in [0.1, 0.15) is 10.6 Å². The Hall–Kier alpha value is -2.61. The van der Waals surface area contributed by atoms with E-state index in [1.54, 1.807) is 34.8 Å². The van der Waals surface area contributed by atoms with Gasteiger partial charge in [-0.25, -0.2) is 4.98 Å². The Morgan fingerprint density at radius 1 is 1.16 bits per heavy atom. The number of methoxy groups -OCH3 is 1. The molecule has 0 radical (unpaired) electrons. The highest BCUT2D eigenvalue weighted by atomic mass is 32.2. The van der Waals surface area contributed by atoms with Crippen molar-refractivity contribution in [3.8, 4) is 11.4 Å². The van der Waals surface area contributed by atoms with Crippen LogP contribution in [0.1, 0.15) is 29.9 Å². The molecule has 0 unspecified atom stereocenters. The molecule has 0 N–H and O–H groups in total. The van der Waals surface area contributed by atoms with Gasteiger partial charge in [0.15, 0.2) is 5.16 Å². The van der Waals surface area contributed by atoms with Gasteiger partial charge in [-0.3, -0.25) is 9.36 Å². The number of ether oxygens (including phenoxy) is 2. The van der Waals surface area contributed by atoms with Gasteiger partial charge in [0.2, 0.25) is 0 Å². The first kappa shape index (κ1) is 21.2. The molecular weight excluding hydrogens is 440 g/mol. The number of thioether (sulfide) groups is 1. The molecule has 0 saturated carbocycles. The van der Waals surface area contributed by atoms with Crippen molar-refractivity contribution in [2.75, 3.05) is 7.11 Å². The Kier molecular flexibility index (Phi) is 5.57. The van der Waals surface area contributed by atoms with E-state index < -0.39 is 0 Å². The van der Waals surface area contributed by atoms with Gasteiger partial charge in [-0.2, -0.15) is 0 Å². The van der Waals surface area contributed by atoms with Crippen molar-refractivity contribution in [1.82, 2.24) is 9.55 Å². The van der Waals surface area contributed by atoms with Crippen LogP contribution >= 0.6 is 23.1 Å². The van der Waals surface area contributed by atoms with Crippen LogP contribution in [0.3, 0.4) is 0 Å². The standard InChI is InChI=1S/C25H24N2O3S2/c1-25(2)13-19-20(14-30-25)32-22-21(19)23(28)27(17-7-5-4-6-8-17)24(26-22)31-15-16-9-11-18(29-3)12-10-16/h4-12H,13-15H2,1-3H3. The first-order valence-electron chi connectivity index (χ1n) is 10.5. The second-order valence-corrected chi connectivity index (χ2v) is 10.4. The monoisotopic (exact) mass is 464 g/mol. The zero-order chi connectivity index (χ0) is 22.3. The summed E-state index contributed by atoms with van der Waals surface area (Å²) in [5.74, 6) is 1.53. The number of thiophene rings is 1. The number of nitrogens with zero attached hydrogens (tertiary/aromatic N) is 2. The molecule has 0 bridgehead atoms. The van der Waals surface area contributed by atoms with Crippen LogP contribution in [0, 0.1) is 0 Å². The minimum Gasteiger partial charge on any atom is -0.497 e. The lowest BCUT2D eigenvalue weighted by atomic mass is 9.94.